The molecule has 0 aliphatic heterocycles. The maximum Gasteiger partial charge on any atom is 0.244 e. The number of thioether (sulfide) groups is 1. The number of carbonyl (C=O) groups excluding carboxylic acids is 2. The van der Waals surface area contributed by atoms with Crippen LogP contribution < -0.4 is 16.8 Å². The first-order valence-electron chi connectivity index (χ1n) is 7.12. The standard InChI is InChI=1S/C15H21N3O2S/c16-13(19)10-21-12-7-3-2-6-11(12)18-14(20)15(17)8-4-1-5-9-15/h2-3,6-7H,1,4-5,8-10,17H2,(H2,16,19)(H,18,20). The van der Waals surface area contributed by atoms with E-state index in [4.69, 9.17) is 11.5 Å². The molecule has 6 heteroatoms. The number of rotatable bonds is 5. The van der Waals surface area contributed by atoms with E-state index in [0.717, 1.165) is 37.0 Å². The molecule has 5 nitrogen and oxygen atoms in total. The molecule has 0 saturated heterocycles. The molecule has 1 aliphatic rings. The second-order valence-electron chi connectivity index (χ2n) is 5.42. The predicted molar refractivity (Wildman–Crippen MR) is 85.0 cm³/mol. The SMILES string of the molecule is NC(=O)CSc1ccccc1NC(=O)C1(N)CCCCC1. The van der Waals surface area contributed by atoms with Gasteiger partial charge in [-0.3, -0.25) is 9.59 Å². The van der Waals surface area contributed by atoms with Crippen LogP contribution in [-0.4, -0.2) is 23.1 Å². The van der Waals surface area contributed by atoms with Crippen molar-refractivity contribution in [3.8, 4) is 0 Å². The Kier molecular flexibility index (Phi) is 5.25. The molecule has 0 bridgehead atoms. The third-order valence-electron chi connectivity index (χ3n) is 3.70. The van der Waals surface area contributed by atoms with Crippen LogP contribution in [0.1, 0.15) is 32.1 Å². The van der Waals surface area contributed by atoms with Crippen molar-refractivity contribution in [3.05, 3.63) is 24.3 Å². The van der Waals surface area contributed by atoms with E-state index in [1.54, 1.807) is 0 Å². The van der Waals surface area contributed by atoms with E-state index in [1.807, 2.05) is 24.3 Å². The Hall–Kier alpha value is -1.53. The van der Waals surface area contributed by atoms with E-state index in [0.29, 0.717) is 5.69 Å². The first-order valence-corrected chi connectivity index (χ1v) is 8.10. The van der Waals surface area contributed by atoms with Gasteiger partial charge in [-0.2, -0.15) is 0 Å². The molecule has 1 aromatic rings. The van der Waals surface area contributed by atoms with Crippen molar-refractivity contribution < 1.29 is 9.59 Å². The van der Waals surface area contributed by atoms with Gasteiger partial charge in [0, 0.05) is 4.90 Å². The zero-order valence-corrected chi connectivity index (χ0v) is 12.7. The Morgan fingerprint density at radius 3 is 2.52 bits per heavy atom. The summed E-state index contributed by atoms with van der Waals surface area (Å²) >= 11 is 1.31. The highest BCUT2D eigenvalue weighted by molar-refractivity contribution is 8.00. The van der Waals surface area contributed by atoms with Crippen LogP contribution >= 0.6 is 11.8 Å². The lowest BCUT2D eigenvalue weighted by atomic mass is 9.82. The third kappa shape index (κ3) is 4.22. The van der Waals surface area contributed by atoms with Crippen LogP contribution in [0.2, 0.25) is 0 Å². The van der Waals surface area contributed by atoms with Gasteiger partial charge >= 0.3 is 0 Å². The lowest BCUT2D eigenvalue weighted by Crippen LogP contribution is -2.52. The molecule has 1 aromatic carbocycles. The third-order valence-corrected chi connectivity index (χ3v) is 4.80. The normalized spacial score (nSPS) is 17.2. The predicted octanol–water partition coefficient (Wildman–Crippen LogP) is 1.86. The molecule has 114 valence electrons. The van der Waals surface area contributed by atoms with E-state index < -0.39 is 5.54 Å². The van der Waals surface area contributed by atoms with Crippen LogP contribution in [0.5, 0.6) is 0 Å². The molecule has 1 fully saturated rings. The smallest absolute Gasteiger partial charge is 0.244 e. The fraction of sp³-hybridized carbons (Fsp3) is 0.467. The second kappa shape index (κ2) is 6.95. The van der Waals surface area contributed by atoms with Gasteiger partial charge in [0.15, 0.2) is 0 Å². The van der Waals surface area contributed by atoms with Crippen LogP contribution in [0.15, 0.2) is 29.2 Å². The Balaban J connectivity index is 2.08. The summed E-state index contributed by atoms with van der Waals surface area (Å²) in [6.07, 6.45) is 4.55. The minimum atomic E-state index is -0.778. The first kappa shape index (κ1) is 15.9. The Morgan fingerprint density at radius 1 is 1.19 bits per heavy atom. The monoisotopic (exact) mass is 307 g/mol. The van der Waals surface area contributed by atoms with E-state index >= 15 is 0 Å². The molecule has 0 radical (unpaired) electrons. The number of amides is 2. The first-order chi connectivity index (χ1) is 10.0. The molecule has 0 unspecified atom stereocenters. The number of nitrogens with two attached hydrogens (primary N) is 2. The minimum absolute atomic E-state index is 0.144. The second-order valence-corrected chi connectivity index (χ2v) is 6.44. The summed E-state index contributed by atoms with van der Waals surface area (Å²) in [5.74, 6) is -0.348. The number of hydrogen-bond donors (Lipinski definition) is 3. The van der Waals surface area contributed by atoms with Crippen LogP contribution in [0.25, 0.3) is 0 Å². The Morgan fingerprint density at radius 2 is 1.86 bits per heavy atom. The maximum atomic E-state index is 12.4. The number of primary amides is 1. The Labute approximate surface area is 128 Å². The maximum absolute atomic E-state index is 12.4. The average molecular weight is 307 g/mol. The number of carbonyl (C=O) groups is 2. The van der Waals surface area contributed by atoms with E-state index in [1.165, 1.54) is 11.8 Å². The number of nitrogens with one attached hydrogen (secondary N) is 1. The highest BCUT2D eigenvalue weighted by Crippen LogP contribution is 2.30. The number of hydrogen-bond acceptors (Lipinski definition) is 4. The zero-order valence-electron chi connectivity index (χ0n) is 11.9. The molecule has 5 N–H and O–H groups in total. The summed E-state index contributed by atoms with van der Waals surface area (Å²) in [6.45, 7) is 0. The van der Waals surface area contributed by atoms with Gasteiger partial charge < -0.3 is 16.8 Å². The summed E-state index contributed by atoms with van der Waals surface area (Å²) in [5.41, 5.74) is 11.3. The van der Waals surface area contributed by atoms with E-state index in [-0.39, 0.29) is 17.6 Å². The Bertz CT molecular complexity index is 527. The number of anilines is 1. The van der Waals surface area contributed by atoms with Crippen LogP contribution in [0.4, 0.5) is 5.69 Å². The molecular formula is C15H21N3O2S. The fourth-order valence-corrected chi connectivity index (χ4v) is 3.25. The van der Waals surface area contributed by atoms with Gasteiger partial charge in [-0.15, -0.1) is 11.8 Å². The molecule has 0 spiro atoms. The minimum Gasteiger partial charge on any atom is -0.369 e. The van der Waals surface area contributed by atoms with Gasteiger partial charge in [-0.1, -0.05) is 31.4 Å². The zero-order chi connectivity index (χ0) is 15.3. The summed E-state index contributed by atoms with van der Waals surface area (Å²) < 4.78 is 0. The van der Waals surface area contributed by atoms with E-state index in [9.17, 15) is 9.59 Å². The van der Waals surface area contributed by atoms with Gasteiger partial charge in [0.25, 0.3) is 0 Å². The van der Waals surface area contributed by atoms with Crippen molar-refractivity contribution >= 4 is 29.3 Å². The fourth-order valence-electron chi connectivity index (χ4n) is 2.50. The summed E-state index contributed by atoms with van der Waals surface area (Å²) in [7, 11) is 0. The van der Waals surface area contributed by atoms with Gasteiger partial charge in [0.2, 0.25) is 11.8 Å². The lowest BCUT2D eigenvalue weighted by Gasteiger charge is -2.32. The van der Waals surface area contributed by atoms with Crippen molar-refractivity contribution in [2.75, 3.05) is 11.1 Å². The van der Waals surface area contributed by atoms with Crippen molar-refractivity contribution in [3.63, 3.8) is 0 Å². The van der Waals surface area contributed by atoms with Gasteiger partial charge in [-0.05, 0) is 25.0 Å². The molecule has 0 atom stereocenters. The summed E-state index contributed by atoms with van der Waals surface area (Å²) in [4.78, 5) is 24.2. The topological polar surface area (TPSA) is 98.2 Å². The molecular weight excluding hydrogens is 286 g/mol. The highest BCUT2D eigenvalue weighted by Gasteiger charge is 2.35. The quantitative estimate of drug-likeness (QED) is 0.723. The largest absolute Gasteiger partial charge is 0.369 e. The van der Waals surface area contributed by atoms with Crippen molar-refractivity contribution in [1.82, 2.24) is 0 Å². The lowest BCUT2D eigenvalue weighted by molar-refractivity contribution is -0.122. The summed E-state index contributed by atoms with van der Waals surface area (Å²) in [5, 5.41) is 2.91. The van der Waals surface area contributed by atoms with Crippen molar-refractivity contribution in [2.45, 2.75) is 42.5 Å². The molecule has 0 heterocycles. The van der Waals surface area contributed by atoms with Gasteiger partial charge in [0.1, 0.15) is 0 Å². The number of para-hydroxylation sites is 1. The molecule has 1 aliphatic carbocycles. The highest BCUT2D eigenvalue weighted by atomic mass is 32.2. The molecule has 2 rings (SSSR count). The van der Waals surface area contributed by atoms with E-state index in [2.05, 4.69) is 5.32 Å². The molecule has 1 saturated carbocycles. The average Bonchev–Trinajstić information content (AvgIpc) is 2.47. The van der Waals surface area contributed by atoms with Crippen LogP contribution in [0.3, 0.4) is 0 Å². The van der Waals surface area contributed by atoms with Gasteiger partial charge in [-0.25, -0.2) is 0 Å². The number of benzene rings is 1. The molecule has 0 aromatic heterocycles. The molecule has 2 amide bonds. The van der Waals surface area contributed by atoms with Crippen molar-refractivity contribution in [1.29, 1.82) is 0 Å². The molecule has 21 heavy (non-hydrogen) atoms. The summed E-state index contributed by atoms with van der Waals surface area (Å²) in [6, 6.07) is 7.37. The van der Waals surface area contributed by atoms with Crippen LogP contribution in [0, 0.1) is 0 Å². The van der Waals surface area contributed by atoms with Crippen LogP contribution in [-0.2, 0) is 9.59 Å². The van der Waals surface area contributed by atoms with Gasteiger partial charge in [0.05, 0.1) is 17.0 Å². The van der Waals surface area contributed by atoms with Crippen molar-refractivity contribution in [2.24, 2.45) is 11.5 Å².